The summed E-state index contributed by atoms with van der Waals surface area (Å²) < 4.78 is 1.12. The van der Waals surface area contributed by atoms with Crippen LogP contribution in [-0.2, 0) is 11.3 Å². The third kappa shape index (κ3) is 4.34. The summed E-state index contributed by atoms with van der Waals surface area (Å²) in [5.74, 6) is -1.81. The number of urea groups is 1. The molecule has 1 heterocycles. The van der Waals surface area contributed by atoms with Gasteiger partial charge in [0.05, 0.1) is 5.69 Å². The number of carbonyl (C=O) groups is 3. The second kappa shape index (κ2) is 7.22. The Labute approximate surface area is 115 Å². The monoisotopic (exact) mass is 283 g/mol. The minimum Gasteiger partial charge on any atom is -0.476 e. The highest BCUT2D eigenvalue weighted by atomic mass is 16.4. The number of imide groups is 1. The van der Waals surface area contributed by atoms with Gasteiger partial charge in [-0.05, 0) is 13.3 Å². The van der Waals surface area contributed by atoms with Gasteiger partial charge in [0, 0.05) is 6.54 Å². The summed E-state index contributed by atoms with van der Waals surface area (Å²) in [6.45, 7) is 3.69. The first kappa shape index (κ1) is 15.6. The molecule has 0 saturated heterocycles. The van der Waals surface area contributed by atoms with Crippen LogP contribution >= 0.6 is 0 Å². The molecular formula is C11H17N5O4. The summed E-state index contributed by atoms with van der Waals surface area (Å²) in [5.41, 5.74) is 0.0317. The number of nitrogens with zero attached hydrogens (tertiary/aromatic N) is 3. The van der Waals surface area contributed by atoms with Crippen LogP contribution in [0.3, 0.4) is 0 Å². The Bertz CT molecular complexity index is 511. The molecule has 20 heavy (non-hydrogen) atoms. The SMILES string of the molecule is CCCCNC(=O)NC(=O)Cn1nnc(C(=O)O)c1C. The minimum absolute atomic E-state index is 0.217. The Morgan fingerprint density at radius 3 is 2.60 bits per heavy atom. The van der Waals surface area contributed by atoms with Crippen molar-refractivity contribution in [2.75, 3.05) is 6.54 Å². The second-order valence-corrected chi connectivity index (χ2v) is 4.14. The molecule has 0 atom stereocenters. The van der Waals surface area contributed by atoms with Gasteiger partial charge in [0.15, 0.2) is 5.69 Å². The molecule has 0 saturated carbocycles. The first-order chi connectivity index (χ1) is 9.45. The van der Waals surface area contributed by atoms with Crippen molar-refractivity contribution < 1.29 is 19.5 Å². The van der Waals surface area contributed by atoms with Gasteiger partial charge in [0.2, 0.25) is 5.91 Å². The number of rotatable bonds is 6. The lowest BCUT2D eigenvalue weighted by molar-refractivity contribution is -0.120. The number of nitrogens with one attached hydrogen (secondary N) is 2. The van der Waals surface area contributed by atoms with Crippen LogP contribution in [0.2, 0.25) is 0 Å². The molecule has 9 heteroatoms. The Balaban J connectivity index is 2.50. The van der Waals surface area contributed by atoms with Crippen LogP contribution in [-0.4, -0.2) is 44.6 Å². The molecule has 1 rings (SSSR count). The topological polar surface area (TPSA) is 126 Å². The average molecular weight is 283 g/mol. The zero-order valence-electron chi connectivity index (χ0n) is 11.3. The van der Waals surface area contributed by atoms with E-state index < -0.39 is 17.9 Å². The van der Waals surface area contributed by atoms with Crippen molar-refractivity contribution in [1.82, 2.24) is 25.6 Å². The van der Waals surface area contributed by atoms with E-state index in [0.29, 0.717) is 6.54 Å². The standard InChI is InChI=1S/C11H17N5O4/c1-3-4-5-12-11(20)13-8(17)6-16-7(2)9(10(18)19)14-15-16/h3-6H2,1-2H3,(H,18,19)(H2,12,13,17,20). The van der Waals surface area contributed by atoms with Crippen molar-refractivity contribution in [3.8, 4) is 0 Å². The van der Waals surface area contributed by atoms with Crippen LogP contribution in [0.4, 0.5) is 4.79 Å². The highest BCUT2D eigenvalue weighted by Gasteiger charge is 2.17. The minimum atomic E-state index is -1.22. The lowest BCUT2D eigenvalue weighted by Gasteiger charge is -2.06. The number of aromatic nitrogens is 3. The maximum atomic E-state index is 11.6. The molecule has 0 fully saturated rings. The van der Waals surface area contributed by atoms with Crippen LogP contribution in [0.1, 0.15) is 35.9 Å². The second-order valence-electron chi connectivity index (χ2n) is 4.14. The van der Waals surface area contributed by atoms with E-state index in [-0.39, 0.29) is 17.9 Å². The number of carboxylic acids is 1. The molecule has 1 aromatic heterocycles. The number of amides is 3. The molecule has 0 aromatic carbocycles. The van der Waals surface area contributed by atoms with Crippen molar-refractivity contribution in [3.63, 3.8) is 0 Å². The van der Waals surface area contributed by atoms with Crippen molar-refractivity contribution in [1.29, 1.82) is 0 Å². The van der Waals surface area contributed by atoms with E-state index >= 15 is 0 Å². The molecule has 0 spiro atoms. The number of aromatic carboxylic acids is 1. The largest absolute Gasteiger partial charge is 0.476 e. The summed E-state index contributed by atoms with van der Waals surface area (Å²) in [5, 5.41) is 20.4. The molecule has 9 nitrogen and oxygen atoms in total. The van der Waals surface area contributed by atoms with Gasteiger partial charge in [0.1, 0.15) is 6.54 Å². The first-order valence-corrected chi connectivity index (χ1v) is 6.16. The van der Waals surface area contributed by atoms with Crippen molar-refractivity contribution >= 4 is 17.9 Å². The van der Waals surface area contributed by atoms with Crippen LogP contribution in [0.5, 0.6) is 0 Å². The summed E-state index contributed by atoms with van der Waals surface area (Å²) in [6.07, 6.45) is 1.76. The molecule has 0 aliphatic rings. The highest BCUT2D eigenvalue weighted by molar-refractivity contribution is 5.94. The fourth-order valence-electron chi connectivity index (χ4n) is 1.43. The fourth-order valence-corrected chi connectivity index (χ4v) is 1.43. The zero-order valence-corrected chi connectivity index (χ0v) is 11.3. The maximum absolute atomic E-state index is 11.6. The van der Waals surface area contributed by atoms with Crippen molar-refractivity contribution in [2.45, 2.75) is 33.2 Å². The molecule has 0 unspecified atom stereocenters. The summed E-state index contributed by atoms with van der Waals surface area (Å²) in [7, 11) is 0. The third-order valence-corrected chi connectivity index (χ3v) is 2.55. The molecule has 0 aliphatic carbocycles. The first-order valence-electron chi connectivity index (χ1n) is 6.16. The number of carboxylic acid groups (broad SMARTS) is 1. The Morgan fingerprint density at radius 2 is 2.05 bits per heavy atom. The number of hydrogen-bond acceptors (Lipinski definition) is 5. The third-order valence-electron chi connectivity index (χ3n) is 2.55. The molecule has 3 N–H and O–H groups in total. The molecule has 0 bridgehead atoms. The normalized spacial score (nSPS) is 10.1. The van der Waals surface area contributed by atoms with Gasteiger partial charge >= 0.3 is 12.0 Å². The molecule has 3 amide bonds. The van der Waals surface area contributed by atoms with E-state index in [2.05, 4.69) is 20.9 Å². The summed E-state index contributed by atoms with van der Waals surface area (Å²) in [4.78, 5) is 33.7. The van der Waals surface area contributed by atoms with Crippen LogP contribution in [0, 0.1) is 6.92 Å². The Hall–Kier alpha value is -2.45. The van der Waals surface area contributed by atoms with Crippen LogP contribution in [0.25, 0.3) is 0 Å². The van der Waals surface area contributed by atoms with E-state index in [1.54, 1.807) is 0 Å². The smallest absolute Gasteiger partial charge is 0.358 e. The fraction of sp³-hybridized carbons (Fsp3) is 0.545. The summed E-state index contributed by atoms with van der Waals surface area (Å²) >= 11 is 0. The van der Waals surface area contributed by atoms with Crippen molar-refractivity contribution in [2.24, 2.45) is 0 Å². The predicted octanol–water partition coefficient (Wildman–Crippen LogP) is -0.0894. The molecular weight excluding hydrogens is 266 g/mol. The van der Waals surface area contributed by atoms with Gasteiger partial charge in [0.25, 0.3) is 0 Å². The molecule has 0 radical (unpaired) electrons. The molecule has 0 aliphatic heterocycles. The predicted molar refractivity (Wildman–Crippen MR) is 68.2 cm³/mol. The van der Waals surface area contributed by atoms with Gasteiger partial charge in [-0.3, -0.25) is 10.1 Å². The highest BCUT2D eigenvalue weighted by Crippen LogP contribution is 2.02. The Morgan fingerprint density at radius 1 is 1.35 bits per heavy atom. The summed E-state index contributed by atoms with van der Waals surface area (Å²) in [6, 6.07) is -0.584. The number of carbonyl (C=O) groups excluding carboxylic acids is 2. The number of hydrogen-bond donors (Lipinski definition) is 3. The van der Waals surface area contributed by atoms with Gasteiger partial charge < -0.3 is 10.4 Å². The van der Waals surface area contributed by atoms with Crippen LogP contribution in [0.15, 0.2) is 0 Å². The van der Waals surface area contributed by atoms with Crippen LogP contribution < -0.4 is 10.6 Å². The maximum Gasteiger partial charge on any atom is 0.358 e. The van der Waals surface area contributed by atoms with Crippen molar-refractivity contribution in [3.05, 3.63) is 11.4 Å². The molecule has 110 valence electrons. The zero-order chi connectivity index (χ0) is 15.1. The Kier molecular flexibility index (Phi) is 5.63. The lowest BCUT2D eigenvalue weighted by atomic mass is 10.3. The van der Waals surface area contributed by atoms with E-state index in [0.717, 1.165) is 17.5 Å². The van der Waals surface area contributed by atoms with Gasteiger partial charge in [-0.2, -0.15) is 0 Å². The quantitative estimate of drug-likeness (QED) is 0.626. The van der Waals surface area contributed by atoms with Gasteiger partial charge in [-0.1, -0.05) is 18.6 Å². The average Bonchev–Trinajstić information content (AvgIpc) is 2.71. The number of unbranched alkanes of at least 4 members (excludes halogenated alkanes) is 1. The van der Waals surface area contributed by atoms with Gasteiger partial charge in [-0.15, -0.1) is 5.10 Å². The molecule has 1 aromatic rings. The van der Waals surface area contributed by atoms with E-state index in [1.807, 2.05) is 6.92 Å². The van der Waals surface area contributed by atoms with Gasteiger partial charge in [-0.25, -0.2) is 14.3 Å². The van der Waals surface area contributed by atoms with E-state index in [1.165, 1.54) is 6.92 Å². The van der Waals surface area contributed by atoms with E-state index in [4.69, 9.17) is 5.11 Å². The lowest BCUT2D eigenvalue weighted by Crippen LogP contribution is -2.41. The van der Waals surface area contributed by atoms with E-state index in [9.17, 15) is 14.4 Å².